The number of aromatic nitrogens is 4. The van der Waals surface area contributed by atoms with Crippen molar-refractivity contribution in [2.24, 2.45) is 16.5 Å². The minimum Gasteiger partial charge on any atom is -0.388 e. The zero-order valence-electron chi connectivity index (χ0n) is 25.8. The van der Waals surface area contributed by atoms with E-state index in [0.29, 0.717) is 40.4 Å². The van der Waals surface area contributed by atoms with Gasteiger partial charge < -0.3 is 21.8 Å². The Hall–Kier alpha value is -3.25. The van der Waals surface area contributed by atoms with Crippen LogP contribution in [-0.4, -0.2) is 50.7 Å². The molecule has 0 aliphatic carbocycles. The van der Waals surface area contributed by atoms with Crippen LogP contribution < -0.4 is 22.5 Å². The molecular formula is C32H42ClFN8OS. The topological polar surface area (TPSA) is 140 Å². The van der Waals surface area contributed by atoms with Crippen molar-refractivity contribution in [3.63, 3.8) is 0 Å². The van der Waals surface area contributed by atoms with Crippen LogP contribution in [0.25, 0.3) is 28.0 Å². The number of aryl methyl sites for hydroxylation is 1. The van der Waals surface area contributed by atoms with Crippen LogP contribution in [0.15, 0.2) is 51.3 Å². The molecule has 44 heavy (non-hydrogen) atoms. The lowest BCUT2D eigenvalue weighted by molar-refractivity contribution is 0.473. The number of nitrogens with zero attached hydrogens (tertiary/aromatic N) is 4. The molecule has 6 N–H and O–H groups in total. The molecule has 0 spiro atoms. The number of nitrogens with two attached hydrogens (primary N) is 2. The number of H-pyrrole nitrogens is 1. The van der Waals surface area contributed by atoms with E-state index in [9.17, 15) is 4.79 Å². The zero-order valence-corrected chi connectivity index (χ0v) is 27.4. The number of pyridine rings is 1. The minimum atomic E-state index is -0.522. The second-order valence-corrected chi connectivity index (χ2v) is 12.4. The second-order valence-electron chi connectivity index (χ2n) is 11.1. The highest BCUT2D eigenvalue weighted by Crippen LogP contribution is 2.32. The molecule has 0 fully saturated rings. The number of halogens is 2. The predicted octanol–water partition coefficient (Wildman–Crippen LogP) is 6.16. The quantitative estimate of drug-likeness (QED) is 0.0528. The van der Waals surface area contributed by atoms with E-state index in [1.165, 1.54) is 4.57 Å². The lowest BCUT2D eigenvalue weighted by atomic mass is 10.0. The molecule has 0 aliphatic rings. The Kier molecular flexibility index (Phi) is 12.0. The van der Waals surface area contributed by atoms with Gasteiger partial charge in [0.1, 0.15) is 5.65 Å². The van der Waals surface area contributed by atoms with E-state index in [2.05, 4.69) is 27.2 Å². The highest BCUT2D eigenvalue weighted by Gasteiger charge is 2.19. The van der Waals surface area contributed by atoms with Gasteiger partial charge in [-0.1, -0.05) is 24.9 Å². The lowest BCUT2D eigenvalue weighted by Crippen LogP contribution is -2.25. The van der Waals surface area contributed by atoms with Crippen LogP contribution in [0.2, 0.25) is 5.02 Å². The molecule has 0 aliphatic heterocycles. The number of thioether (sulfide) groups is 1. The Balaban J connectivity index is 1.62. The minimum absolute atomic E-state index is 0.0512. The van der Waals surface area contributed by atoms with E-state index in [0.717, 1.165) is 61.2 Å². The fourth-order valence-corrected chi connectivity index (χ4v) is 6.06. The standard InChI is InChI=1S/C32H42ClFN8OS/c1-5-8-26(38-12-7-11-37-20(3)36)30-28(44-4)16-23(17-39-30)42-18-22-15-27(40-31(22)41-32(42)43)24-13-21(10-6-9-19(2)35)14-25(33)29(24)34/h13-19,26,38H,5-12,35H2,1-4H3,(H2,36,37)(H,40,41,43). The molecule has 0 bridgehead atoms. The van der Waals surface area contributed by atoms with E-state index < -0.39 is 11.5 Å². The number of nitrogens with one attached hydrogen (secondary N) is 2. The van der Waals surface area contributed by atoms with E-state index >= 15 is 4.39 Å². The Morgan fingerprint density at radius 3 is 2.75 bits per heavy atom. The first-order valence-corrected chi connectivity index (χ1v) is 16.6. The van der Waals surface area contributed by atoms with Gasteiger partial charge in [0.05, 0.1) is 40.2 Å². The van der Waals surface area contributed by atoms with Crippen molar-refractivity contribution in [3.05, 3.63) is 69.2 Å². The maximum Gasteiger partial charge on any atom is 0.354 e. The first-order chi connectivity index (χ1) is 21.1. The second kappa shape index (κ2) is 15.7. The van der Waals surface area contributed by atoms with Crippen molar-refractivity contribution in [1.82, 2.24) is 24.8 Å². The van der Waals surface area contributed by atoms with Gasteiger partial charge in [0.2, 0.25) is 0 Å². The Morgan fingerprint density at radius 1 is 1.25 bits per heavy atom. The number of benzene rings is 1. The SMILES string of the molecule is CCCC(NCCCN=C(C)N)c1ncc(-n2cc3cc(-c4cc(CCCC(C)N)cc(Cl)c4F)[nH]c3nc2=O)cc1SC. The van der Waals surface area contributed by atoms with Crippen molar-refractivity contribution in [3.8, 4) is 16.9 Å². The number of hydrogen-bond donors (Lipinski definition) is 4. The summed E-state index contributed by atoms with van der Waals surface area (Å²) in [6.07, 6.45) is 10.7. The Bertz CT molecular complexity index is 1660. The molecule has 2 atom stereocenters. The Labute approximate surface area is 267 Å². The summed E-state index contributed by atoms with van der Waals surface area (Å²) >= 11 is 7.85. The summed E-state index contributed by atoms with van der Waals surface area (Å²) in [7, 11) is 0. The average Bonchev–Trinajstić information content (AvgIpc) is 3.39. The summed E-state index contributed by atoms with van der Waals surface area (Å²) in [6.45, 7) is 7.37. The van der Waals surface area contributed by atoms with Gasteiger partial charge in [0, 0.05) is 34.6 Å². The lowest BCUT2D eigenvalue weighted by Gasteiger charge is -2.20. The highest BCUT2D eigenvalue weighted by atomic mass is 35.5. The number of fused-ring (bicyclic) bond motifs is 1. The van der Waals surface area contributed by atoms with E-state index in [1.54, 1.807) is 49.3 Å². The molecule has 0 amide bonds. The largest absolute Gasteiger partial charge is 0.388 e. The molecule has 3 heterocycles. The molecule has 236 valence electrons. The summed E-state index contributed by atoms with van der Waals surface area (Å²) in [5.74, 6) is 0.0663. The first kappa shape index (κ1) is 33.6. The van der Waals surface area contributed by atoms with Gasteiger partial charge in [-0.2, -0.15) is 4.98 Å². The van der Waals surface area contributed by atoms with Crippen LogP contribution in [0.4, 0.5) is 4.39 Å². The van der Waals surface area contributed by atoms with Gasteiger partial charge in [-0.15, -0.1) is 11.8 Å². The van der Waals surface area contributed by atoms with Gasteiger partial charge in [0.25, 0.3) is 0 Å². The molecule has 2 unspecified atom stereocenters. The molecule has 0 saturated heterocycles. The van der Waals surface area contributed by atoms with Crippen molar-refractivity contribution in [2.75, 3.05) is 19.3 Å². The van der Waals surface area contributed by atoms with Crippen LogP contribution in [0, 0.1) is 5.82 Å². The number of aromatic amines is 1. The molecule has 3 aromatic heterocycles. The summed E-state index contributed by atoms with van der Waals surface area (Å²) in [4.78, 5) is 30.6. The molecule has 4 rings (SSSR count). The molecule has 12 heteroatoms. The highest BCUT2D eigenvalue weighted by molar-refractivity contribution is 7.98. The predicted molar refractivity (Wildman–Crippen MR) is 181 cm³/mol. The van der Waals surface area contributed by atoms with Crippen molar-refractivity contribution < 1.29 is 4.39 Å². The first-order valence-electron chi connectivity index (χ1n) is 15.0. The maximum absolute atomic E-state index is 15.2. The summed E-state index contributed by atoms with van der Waals surface area (Å²) in [5, 5.41) is 4.32. The molecule has 1 aromatic carbocycles. The van der Waals surface area contributed by atoms with Gasteiger partial charge in [-0.3, -0.25) is 14.5 Å². The maximum atomic E-state index is 15.2. The van der Waals surface area contributed by atoms with E-state index in [1.807, 2.05) is 19.2 Å². The number of aliphatic imine (C=N–C) groups is 1. The molecule has 0 radical (unpaired) electrons. The molecule has 0 saturated carbocycles. The summed E-state index contributed by atoms with van der Waals surface area (Å²) in [6, 6.07) is 7.37. The van der Waals surface area contributed by atoms with Gasteiger partial charge in [-0.05, 0) is 88.6 Å². The molecule has 9 nitrogen and oxygen atoms in total. The number of hydrogen-bond acceptors (Lipinski definition) is 7. The van der Waals surface area contributed by atoms with Crippen LogP contribution >= 0.6 is 23.4 Å². The van der Waals surface area contributed by atoms with E-state index in [-0.39, 0.29) is 17.1 Å². The van der Waals surface area contributed by atoms with Gasteiger partial charge >= 0.3 is 5.69 Å². The molecule has 4 aromatic rings. The zero-order chi connectivity index (χ0) is 31.8. The third-order valence-electron chi connectivity index (χ3n) is 7.37. The third-order valence-corrected chi connectivity index (χ3v) is 8.41. The van der Waals surface area contributed by atoms with Crippen LogP contribution in [0.1, 0.15) is 70.2 Å². The van der Waals surface area contributed by atoms with Crippen molar-refractivity contribution >= 4 is 40.2 Å². The monoisotopic (exact) mass is 640 g/mol. The summed E-state index contributed by atoms with van der Waals surface area (Å²) in [5.41, 5.74) is 14.7. The summed E-state index contributed by atoms with van der Waals surface area (Å²) < 4.78 is 16.6. The number of amidine groups is 1. The van der Waals surface area contributed by atoms with Gasteiger partial charge in [-0.25, -0.2) is 9.18 Å². The average molecular weight is 641 g/mol. The number of rotatable bonds is 15. The molecular weight excluding hydrogens is 599 g/mol. The Morgan fingerprint density at radius 2 is 2.05 bits per heavy atom. The van der Waals surface area contributed by atoms with Gasteiger partial charge in [0.15, 0.2) is 5.82 Å². The van der Waals surface area contributed by atoms with Crippen LogP contribution in [0.5, 0.6) is 0 Å². The smallest absolute Gasteiger partial charge is 0.354 e. The van der Waals surface area contributed by atoms with Crippen molar-refractivity contribution in [1.29, 1.82) is 0 Å². The fraction of sp³-hybridized carbons (Fsp3) is 0.438. The normalized spacial score (nSPS) is 13.5. The third kappa shape index (κ3) is 8.47. The van der Waals surface area contributed by atoms with Crippen molar-refractivity contribution in [2.45, 2.75) is 76.3 Å². The fourth-order valence-electron chi connectivity index (χ4n) is 5.17. The van der Waals surface area contributed by atoms with Crippen LogP contribution in [-0.2, 0) is 6.42 Å². The van der Waals surface area contributed by atoms with E-state index in [4.69, 9.17) is 28.1 Å². The van der Waals surface area contributed by atoms with Crippen LogP contribution in [0.3, 0.4) is 0 Å².